The van der Waals surface area contributed by atoms with Crippen LogP contribution in [0.2, 0.25) is 0 Å². The van der Waals surface area contributed by atoms with E-state index in [4.69, 9.17) is 0 Å². The maximum absolute atomic E-state index is 10.2. The summed E-state index contributed by atoms with van der Waals surface area (Å²) in [6.45, 7) is 0. The van der Waals surface area contributed by atoms with E-state index in [-0.39, 0.29) is 4.32 Å². The van der Waals surface area contributed by atoms with Crippen molar-refractivity contribution >= 4 is 35.3 Å². The smallest absolute Gasteiger partial charge is 0.412 e. The molecule has 0 aromatic carbocycles. The predicted octanol–water partition coefficient (Wildman–Crippen LogP) is 0.557. The molecule has 0 aromatic heterocycles. The molecule has 0 radical (unpaired) electrons. The molecule has 0 aliphatic heterocycles. The number of rotatable bonds is 0. The number of carbonyl (C=O) groups is 1. The molecule has 0 bridgehead atoms. The zero-order valence-electron chi connectivity index (χ0n) is 4.17. The Kier molecular flexibility index (Phi) is 3.55. The molecule has 0 rings (SSSR count). The van der Waals surface area contributed by atoms with Crippen LogP contribution < -0.4 is 5.32 Å². The van der Waals surface area contributed by atoms with E-state index >= 15 is 0 Å². The van der Waals surface area contributed by atoms with Gasteiger partial charge in [-0.15, -0.1) is 12.6 Å². The molecule has 0 saturated heterocycles. The molecule has 3 nitrogen and oxygen atoms in total. The molecule has 46 valence electrons. The van der Waals surface area contributed by atoms with Gasteiger partial charge in [-0.3, -0.25) is 5.32 Å². The average molecular weight is 151 g/mol. The van der Waals surface area contributed by atoms with Crippen LogP contribution in [-0.2, 0) is 4.74 Å². The molecule has 0 fully saturated rings. The molecule has 0 saturated carbocycles. The zero-order valence-corrected chi connectivity index (χ0v) is 5.88. The van der Waals surface area contributed by atoms with E-state index in [1.165, 1.54) is 7.11 Å². The first kappa shape index (κ1) is 7.71. The third-order valence-electron chi connectivity index (χ3n) is 0.394. The van der Waals surface area contributed by atoms with Crippen LogP contribution in [0.1, 0.15) is 0 Å². The Bertz CT molecular complexity index is 114. The maximum atomic E-state index is 10.2. The van der Waals surface area contributed by atoms with Crippen LogP contribution in [0.4, 0.5) is 4.79 Å². The topological polar surface area (TPSA) is 38.3 Å². The van der Waals surface area contributed by atoms with Crippen LogP contribution in [0.25, 0.3) is 0 Å². The number of amides is 1. The van der Waals surface area contributed by atoms with Gasteiger partial charge in [0.05, 0.1) is 7.11 Å². The van der Waals surface area contributed by atoms with E-state index in [1.54, 1.807) is 0 Å². The zero-order chi connectivity index (χ0) is 6.57. The van der Waals surface area contributed by atoms with Crippen molar-refractivity contribution in [3.05, 3.63) is 0 Å². The summed E-state index contributed by atoms with van der Waals surface area (Å²) in [5, 5.41) is 2.13. The summed E-state index contributed by atoms with van der Waals surface area (Å²) in [6.07, 6.45) is -0.593. The lowest BCUT2D eigenvalue weighted by atomic mass is 11.1. The van der Waals surface area contributed by atoms with Gasteiger partial charge in [0.25, 0.3) is 0 Å². The van der Waals surface area contributed by atoms with Crippen molar-refractivity contribution in [2.45, 2.75) is 0 Å². The number of nitrogens with one attached hydrogen (secondary N) is 1. The van der Waals surface area contributed by atoms with Crippen molar-refractivity contribution in [3.8, 4) is 0 Å². The maximum Gasteiger partial charge on any atom is 0.412 e. The van der Waals surface area contributed by atoms with Gasteiger partial charge in [-0.25, -0.2) is 4.79 Å². The SMILES string of the molecule is COC(=O)NC(=S)S. The fraction of sp³-hybridized carbons (Fsp3) is 0.333. The second-order valence-electron chi connectivity index (χ2n) is 0.922. The van der Waals surface area contributed by atoms with Gasteiger partial charge in [0.2, 0.25) is 0 Å². The third-order valence-corrected chi connectivity index (χ3v) is 0.608. The minimum atomic E-state index is -0.593. The molecular formula is C3H5NO2S2. The van der Waals surface area contributed by atoms with E-state index in [0.29, 0.717) is 0 Å². The highest BCUT2D eigenvalue weighted by Crippen LogP contribution is 1.78. The van der Waals surface area contributed by atoms with Crippen LogP contribution in [-0.4, -0.2) is 17.5 Å². The summed E-state index contributed by atoms with van der Waals surface area (Å²) >= 11 is 8.00. The molecule has 8 heavy (non-hydrogen) atoms. The molecule has 0 aliphatic rings. The lowest BCUT2D eigenvalue weighted by Crippen LogP contribution is -2.24. The number of hydrogen-bond acceptors (Lipinski definition) is 3. The van der Waals surface area contributed by atoms with Gasteiger partial charge in [0, 0.05) is 0 Å². The van der Waals surface area contributed by atoms with Gasteiger partial charge in [0.15, 0.2) is 0 Å². The Morgan fingerprint density at radius 3 is 2.50 bits per heavy atom. The fourth-order valence-corrected chi connectivity index (χ4v) is 0.313. The summed E-state index contributed by atoms with van der Waals surface area (Å²) < 4.78 is 4.28. The Hall–Kier alpha value is -0.290. The molecule has 1 N–H and O–H groups in total. The van der Waals surface area contributed by atoms with Gasteiger partial charge in [-0.2, -0.15) is 0 Å². The Balaban J connectivity index is 3.40. The predicted molar refractivity (Wildman–Crippen MR) is 37.1 cm³/mol. The molecular weight excluding hydrogens is 146 g/mol. The van der Waals surface area contributed by atoms with Crippen molar-refractivity contribution in [2.24, 2.45) is 0 Å². The van der Waals surface area contributed by atoms with E-state index in [9.17, 15) is 4.79 Å². The lowest BCUT2D eigenvalue weighted by Gasteiger charge is -1.96. The van der Waals surface area contributed by atoms with Crippen LogP contribution in [0, 0.1) is 0 Å². The molecule has 0 spiro atoms. The first-order valence-electron chi connectivity index (χ1n) is 1.74. The molecule has 0 heterocycles. The number of hydrogen-bond donors (Lipinski definition) is 2. The first-order valence-corrected chi connectivity index (χ1v) is 2.60. The van der Waals surface area contributed by atoms with Gasteiger partial charge in [0.1, 0.15) is 4.32 Å². The fourth-order valence-electron chi connectivity index (χ4n) is 0.138. The Morgan fingerprint density at radius 2 is 2.38 bits per heavy atom. The first-order chi connectivity index (χ1) is 3.66. The molecule has 0 unspecified atom stereocenters. The van der Waals surface area contributed by atoms with Gasteiger partial charge >= 0.3 is 6.09 Å². The highest BCUT2D eigenvalue weighted by Gasteiger charge is 1.95. The summed E-state index contributed by atoms with van der Waals surface area (Å²) in [4.78, 5) is 10.2. The van der Waals surface area contributed by atoms with Gasteiger partial charge in [-0.1, -0.05) is 12.2 Å². The standard InChI is InChI=1S/C3H5NO2S2/c1-6-2(5)4-3(7)8/h1H3,(H2,4,5,7,8). The van der Waals surface area contributed by atoms with Gasteiger partial charge < -0.3 is 4.74 Å². The second-order valence-corrected chi connectivity index (χ2v) is 2.08. The van der Waals surface area contributed by atoms with Crippen molar-refractivity contribution in [2.75, 3.05) is 7.11 Å². The second kappa shape index (κ2) is 3.68. The van der Waals surface area contributed by atoms with E-state index in [0.717, 1.165) is 0 Å². The minimum absolute atomic E-state index is 0.108. The molecule has 0 atom stereocenters. The summed E-state index contributed by atoms with van der Waals surface area (Å²) in [7, 11) is 1.25. The van der Waals surface area contributed by atoms with E-state index < -0.39 is 6.09 Å². The van der Waals surface area contributed by atoms with Crippen LogP contribution in [0.5, 0.6) is 0 Å². The highest BCUT2D eigenvalue weighted by molar-refractivity contribution is 8.11. The number of carbonyl (C=O) groups excluding carboxylic acids is 1. The number of methoxy groups -OCH3 is 1. The summed E-state index contributed by atoms with van der Waals surface area (Å²) in [5.74, 6) is 0. The van der Waals surface area contributed by atoms with Gasteiger partial charge in [-0.05, 0) is 0 Å². The van der Waals surface area contributed by atoms with Crippen molar-refractivity contribution < 1.29 is 9.53 Å². The van der Waals surface area contributed by atoms with Crippen LogP contribution in [0.15, 0.2) is 0 Å². The van der Waals surface area contributed by atoms with Crippen molar-refractivity contribution in [1.82, 2.24) is 5.32 Å². The van der Waals surface area contributed by atoms with E-state index in [1.807, 2.05) is 0 Å². The van der Waals surface area contributed by atoms with Crippen LogP contribution in [0.3, 0.4) is 0 Å². The number of ether oxygens (including phenoxy) is 1. The molecule has 0 aliphatic carbocycles. The third kappa shape index (κ3) is 3.89. The molecule has 0 aromatic rings. The Labute approximate surface area is 57.8 Å². The van der Waals surface area contributed by atoms with Crippen molar-refractivity contribution in [3.63, 3.8) is 0 Å². The largest absolute Gasteiger partial charge is 0.453 e. The van der Waals surface area contributed by atoms with E-state index in [2.05, 4.69) is 34.9 Å². The summed E-state index contributed by atoms with van der Waals surface area (Å²) in [5.41, 5.74) is 0. The van der Waals surface area contributed by atoms with Crippen molar-refractivity contribution in [1.29, 1.82) is 0 Å². The Morgan fingerprint density at radius 1 is 1.88 bits per heavy atom. The monoisotopic (exact) mass is 151 g/mol. The lowest BCUT2D eigenvalue weighted by molar-refractivity contribution is 0.177. The normalized spacial score (nSPS) is 7.75. The summed E-state index contributed by atoms with van der Waals surface area (Å²) in [6, 6.07) is 0. The number of thiol groups is 1. The number of thiocarbonyl (C=S) groups is 1. The highest BCUT2D eigenvalue weighted by atomic mass is 32.1. The minimum Gasteiger partial charge on any atom is -0.453 e. The number of alkyl carbamates (subject to hydrolysis) is 1. The quantitative estimate of drug-likeness (QED) is 0.392. The average Bonchev–Trinajstić information content (AvgIpc) is 1.65. The van der Waals surface area contributed by atoms with Crippen LogP contribution >= 0.6 is 24.8 Å². The molecule has 5 heteroatoms. The molecule has 1 amide bonds.